The summed E-state index contributed by atoms with van der Waals surface area (Å²) in [7, 11) is 0. The van der Waals surface area contributed by atoms with Crippen molar-refractivity contribution in [1.82, 2.24) is 0 Å². The van der Waals surface area contributed by atoms with Gasteiger partial charge < -0.3 is 9.69 Å². The summed E-state index contributed by atoms with van der Waals surface area (Å²) in [4.78, 5) is 23.9. The number of hydrogen-bond donors (Lipinski definition) is 0. The van der Waals surface area contributed by atoms with Crippen LogP contribution >= 0.6 is 34.2 Å². The summed E-state index contributed by atoms with van der Waals surface area (Å²) >= 11 is 7.66. The highest BCUT2D eigenvalue weighted by molar-refractivity contribution is 14.1. The van der Waals surface area contributed by atoms with Crippen LogP contribution in [0.3, 0.4) is 0 Å². The van der Waals surface area contributed by atoms with E-state index in [2.05, 4.69) is 22.6 Å². The van der Waals surface area contributed by atoms with Gasteiger partial charge in [0.05, 0.1) is 11.7 Å². The molecular weight excluding hydrogens is 340 g/mol. The standard InChI is InChI=1S/C11H11ClINO2/c1-8(7-15)14(11(16)6-12)10-5-3-2-4-9(10)13/h2-5,7-8H,6H2,1H3/t8-/m0/s1. The molecule has 16 heavy (non-hydrogen) atoms. The molecule has 0 aliphatic carbocycles. The zero-order valence-electron chi connectivity index (χ0n) is 8.69. The maximum absolute atomic E-state index is 11.7. The Morgan fingerprint density at radius 3 is 2.69 bits per heavy atom. The summed E-state index contributed by atoms with van der Waals surface area (Å²) in [6.07, 6.45) is 0.730. The smallest absolute Gasteiger partial charge is 0.242 e. The van der Waals surface area contributed by atoms with Crippen LogP contribution in [0.15, 0.2) is 24.3 Å². The summed E-state index contributed by atoms with van der Waals surface area (Å²) in [6, 6.07) is 6.86. The molecule has 0 aliphatic heterocycles. The molecule has 0 bridgehead atoms. The molecule has 0 heterocycles. The minimum atomic E-state index is -0.512. The third-order valence-electron chi connectivity index (χ3n) is 2.10. The van der Waals surface area contributed by atoms with Crippen molar-refractivity contribution in [2.45, 2.75) is 13.0 Å². The van der Waals surface area contributed by atoms with E-state index in [1.165, 1.54) is 4.90 Å². The zero-order chi connectivity index (χ0) is 12.1. The highest BCUT2D eigenvalue weighted by Gasteiger charge is 2.22. The molecule has 0 unspecified atom stereocenters. The first-order chi connectivity index (χ1) is 7.61. The number of hydrogen-bond acceptors (Lipinski definition) is 2. The van der Waals surface area contributed by atoms with Gasteiger partial charge in [-0.1, -0.05) is 12.1 Å². The molecule has 1 atom stereocenters. The second kappa shape index (κ2) is 6.20. The van der Waals surface area contributed by atoms with Crippen molar-refractivity contribution in [3.63, 3.8) is 0 Å². The van der Waals surface area contributed by atoms with Crippen LogP contribution in [0.5, 0.6) is 0 Å². The van der Waals surface area contributed by atoms with Crippen molar-refractivity contribution >= 4 is 52.1 Å². The summed E-state index contributed by atoms with van der Waals surface area (Å²) < 4.78 is 0.910. The number of benzene rings is 1. The molecule has 0 N–H and O–H groups in total. The molecule has 1 aromatic rings. The Labute approximate surface area is 113 Å². The van der Waals surface area contributed by atoms with Crippen LogP contribution in [0.4, 0.5) is 5.69 Å². The fraction of sp³-hybridized carbons (Fsp3) is 0.273. The van der Waals surface area contributed by atoms with E-state index in [9.17, 15) is 9.59 Å². The highest BCUT2D eigenvalue weighted by Crippen LogP contribution is 2.24. The molecule has 5 heteroatoms. The normalized spacial score (nSPS) is 11.9. The Kier molecular flexibility index (Phi) is 5.21. The monoisotopic (exact) mass is 351 g/mol. The van der Waals surface area contributed by atoms with Gasteiger partial charge in [-0.15, -0.1) is 11.6 Å². The van der Waals surface area contributed by atoms with Gasteiger partial charge in [-0.05, 0) is 41.6 Å². The van der Waals surface area contributed by atoms with Crippen LogP contribution in [0.2, 0.25) is 0 Å². The molecule has 0 saturated carbocycles. The topological polar surface area (TPSA) is 37.4 Å². The van der Waals surface area contributed by atoms with Crippen LogP contribution in [-0.4, -0.2) is 24.1 Å². The first-order valence-corrected chi connectivity index (χ1v) is 6.31. The first kappa shape index (κ1) is 13.4. The molecule has 1 aromatic carbocycles. The molecule has 0 saturated heterocycles. The molecule has 1 rings (SSSR count). The first-order valence-electron chi connectivity index (χ1n) is 4.69. The number of para-hydroxylation sites is 1. The Hall–Kier alpha value is -0.620. The number of halogens is 2. The molecule has 0 spiro atoms. The lowest BCUT2D eigenvalue weighted by molar-refractivity contribution is -0.118. The Morgan fingerprint density at radius 1 is 1.56 bits per heavy atom. The number of anilines is 1. The van der Waals surface area contributed by atoms with Gasteiger partial charge in [0.25, 0.3) is 0 Å². The number of alkyl halides is 1. The molecule has 0 fully saturated rings. The maximum Gasteiger partial charge on any atom is 0.242 e. The van der Waals surface area contributed by atoms with Crippen molar-refractivity contribution < 1.29 is 9.59 Å². The van der Waals surface area contributed by atoms with Gasteiger partial charge in [-0.2, -0.15) is 0 Å². The van der Waals surface area contributed by atoms with Crippen molar-refractivity contribution in [3.05, 3.63) is 27.8 Å². The second-order valence-electron chi connectivity index (χ2n) is 3.23. The van der Waals surface area contributed by atoms with E-state index in [-0.39, 0.29) is 11.8 Å². The SMILES string of the molecule is C[C@@H](C=O)N(C(=O)CCl)c1ccccc1I. The average Bonchev–Trinajstić information content (AvgIpc) is 2.31. The predicted octanol–water partition coefficient (Wildman–Crippen LogP) is 2.45. The quantitative estimate of drug-likeness (QED) is 0.475. The summed E-state index contributed by atoms with van der Waals surface area (Å²) in [5, 5.41) is 0. The van der Waals surface area contributed by atoms with Gasteiger partial charge in [0, 0.05) is 3.57 Å². The second-order valence-corrected chi connectivity index (χ2v) is 4.65. The fourth-order valence-corrected chi connectivity index (χ4v) is 2.13. The number of rotatable bonds is 4. The van der Waals surface area contributed by atoms with E-state index in [1.807, 2.05) is 18.2 Å². The Balaban J connectivity index is 3.16. The zero-order valence-corrected chi connectivity index (χ0v) is 11.6. The van der Waals surface area contributed by atoms with E-state index in [0.29, 0.717) is 5.69 Å². The number of aldehydes is 1. The lowest BCUT2D eigenvalue weighted by Crippen LogP contribution is -2.41. The number of amides is 1. The lowest BCUT2D eigenvalue weighted by atomic mass is 10.2. The summed E-state index contributed by atoms with van der Waals surface area (Å²) in [6.45, 7) is 1.67. The van der Waals surface area contributed by atoms with Gasteiger partial charge in [-0.3, -0.25) is 4.79 Å². The van der Waals surface area contributed by atoms with Gasteiger partial charge >= 0.3 is 0 Å². The largest absolute Gasteiger partial charge is 0.301 e. The van der Waals surface area contributed by atoms with Crippen LogP contribution in [0.25, 0.3) is 0 Å². The number of carbonyl (C=O) groups excluding carboxylic acids is 2. The van der Waals surface area contributed by atoms with Crippen molar-refractivity contribution in [1.29, 1.82) is 0 Å². The minimum absolute atomic E-state index is 0.136. The molecule has 3 nitrogen and oxygen atoms in total. The van der Waals surface area contributed by atoms with E-state index in [1.54, 1.807) is 13.0 Å². The summed E-state index contributed by atoms with van der Waals surface area (Å²) in [5.74, 6) is -0.409. The maximum atomic E-state index is 11.7. The van der Waals surface area contributed by atoms with E-state index in [0.717, 1.165) is 9.86 Å². The molecule has 86 valence electrons. The van der Waals surface area contributed by atoms with Crippen molar-refractivity contribution in [2.24, 2.45) is 0 Å². The summed E-state index contributed by atoms with van der Waals surface area (Å²) in [5.41, 5.74) is 0.716. The van der Waals surface area contributed by atoms with E-state index in [4.69, 9.17) is 11.6 Å². The molecule has 0 radical (unpaired) electrons. The lowest BCUT2D eigenvalue weighted by Gasteiger charge is -2.26. The van der Waals surface area contributed by atoms with Crippen molar-refractivity contribution in [3.8, 4) is 0 Å². The van der Waals surface area contributed by atoms with Gasteiger partial charge in [0.15, 0.2) is 0 Å². The van der Waals surface area contributed by atoms with Crippen LogP contribution < -0.4 is 4.90 Å². The van der Waals surface area contributed by atoms with E-state index < -0.39 is 6.04 Å². The van der Waals surface area contributed by atoms with Gasteiger partial charge in [0.2, 0.25) is 5.91 Å². The highest BCUT2D eigenvalue weighted by atomic mass is 127. The van der Waals surface area contributed by atoms with Gasteiger partial charge in [-0.25, -0.2) is 0 Å². The number of carbonyl (C=O) groups is 2. The van der Waals surface area contributed by atoms with E-state index >= 15 is 0 Å². The van der Waals surface area contributed by atoms with Crippen molar-refractivity contribution in [2.75, 3.05) is 10.8 Å². The third kappa shape index (κ3) is 2.95. The Bertz CT molecular complexity index is 397. The van der Waals surface area contributed by atoms with Crippen LogP contribution in [0, 0.1) is 3.57 Å². The van der Waals surface area contributed by atoms with Crippen LogP contribution in [-0.2, 0) is 9.59 Å². The van der Waals surface area contributed by atoms with Crippen LogP contribution in [0.1, 0.15) is 6.92 Å². The Morgan fingerprint density at radius 2 is 2.19 bits per heavy atom. The molecule has 1 amide bonds. The average molecular weight is 352 g/mol. The fourth-order valence-electron chi connectivity index (χ4n) is 1.35. The molecule has 0 aliphatic rings. The minimum Gasteiger partial charge on any atom is -0.301 e. The third-order valence-corrected chi connectivity index (χ3v) is 3.24. The van der Waals surface area contributed by atoms with Gasteiger partial charge in [0.1, 0.15) is 12.2 Å². The number of nitrogens with zero attached hydrogens (tertiary/aromatic N) is 1. The predicted molar refractivity (Wildman–Crippen MR) is 72.9 cm³/mol. The molecule has 0 aromatic heterocycles. The molecular formula is C11H11ClINO2.